The van der Waals surface area contributed by atoms with Crippen molar-refractivity contribution in [3.05, 3.63) is 47.3 Å². The Morgan fingerprint density at radius 1 is 1.43 bits per heavy atom. The molecule has 1 aliphatic rings. The second-order valence-corrected chi connectivity index (χ2v) is 6.92. The number of thioether (sulfide) groups is 1. The Hall–Kier alpha value is -1.59. The largest absolute Gasteiger partial charge is 0.360 e. The number of Topliss-reactive ketones (excluding diaryl/α,β-unsaturated/α-hetero) is 1. The Labute approximate surface area is 141 Å². The molecule has 1 atom stereocenters. The molecule has 0 amide bonds. The van der Waals surface area contributed by atoms with E-state index < -0.39 is 0 Å². The summed E-state index contributed by atoms with van der Waals surface area (Å²) in [6.45, 7) is 4.46. The van der Waals surface area contributed by atoms with Gasteiger partial charge in [0.1, 0.15) is 0 Å². The molecule has 0 N–H and O–H groups in total. The summed E-state index contributed by atoms with van der Waals surface area (Å²) in [6.07, 6.45) is 4.03. The Morgan fingerprint density at radius 2 is 2.26 bits per heavy atom. The first-order valence-electron chi connectivity index (χ1n) is 7.99. The lowest BCUT2D eigenvalue weighted by Gasteiger charge is -2.31. The lowest BCUT2D eigenvalue weighted by molar-refractivity contribution is 0.0796. The topological polar surface area (TPSA) is 46.3 Å². The van der Waals surface area contributed by atoms with Crippen molar-refractivity contribution in [1.82, 2.24) is 10.1 Å². The third-order valence-electron chi connectivity index (χ3n) is 4.30. The van der Waals surface area contributed by atoms with Crippen molar-refractivity contribution in [2.75, 3.05) is 19.3 Å². The zero-order valence-corrected chi connectivity index (χ0v) is 14.4. The van der Waals surface area contributed by atoms with Crippen LogP contribution in [0.5, 0.6) is 0 Å². The molecular formula is C18H22N2O2S. The van der Waals surface area contributed by atoms with Gasteiger partial charge in [0.25, 0.3) is 0 Å². The maximum Gasteiger partial charge on any atom is 0.168 e. The molecule has 1 aromatic carbocycles. The highest BCUT2D eigenvalue weighted by molar-refractivity contribution is 7.98. The zero-order chi connectivity index (χ0) is 16.2. The van der Waals surface area contributed by atoms with Gasteiger partial charge in [-0.15, -0.1) is 11.8 Å². The third-order valence-corrected chi connectivity index (χ3v) is 5.10. The van der Waals surface area contributed by atoms with Gasteiger partial charge in [0.2, 0.25) is 0 Å². The SMILES string of the molecule is CSc1ccccc1C(=O)C1CCCN(Cc2cc(C)no2)C1. The molecule has 5 heteroatoms. The van der Waals surface area contributed by atoms with Crippen LogP contribution in [-0.4, -0.2) is 35.2 Å². The van der Waals surface area contributed by atoms with Crippen molar-refractivity contribution in [2.45, 2.75) is 31.2 Å². The third kappa shape index (κ3) is 3.85. The van der Waals surface area contributed by atoms with Gasteiger partial charge in [0.05, 0.1) is 12.2 Å². The van der Waals surface area contributed by atoms with E-state index in [1.54, 1.807) is 11.8 Å². The number of carbonyl (C=O) groups excluding carboxylic acids is 1. The van der Waals surface area contributed by atoms with Gasteiger partial charge in [-0.1, -0.05) is 23.4 Å². The standard InChI is InChI=1S/C18H22N2O2S/c1-13-10-15(22-19-13)12-20-9-5-6-14(11-20)18(21)16-7-3-4-8-17(16)23-2/h3-4,7-8,10,14H,5-6,9,11-12H2,1-2H3. The number of likely N-dealkylation sites (tertiary alicyclic amines) is 1. The number of benzene rings is 1. The van der Waals surface area contributed by atoms with Crippen LogP contribution in [0.1, 0.15) is 34.7 Å². The minimum absolute atomic E-state index is 0.0704. The maximum atomic E-state index is 12.9. The number of aromatic nitrogens is 1. The number of nitrogens with zero attached hydrogens (tertiary/aromatic N) is 2. The van der Waals surface area contributed by atoms with Crippen LogP contribution in [0, 0.1) is 12.8 Å². The summed E-state index contributed by atoms with van der Waals surface area (Å²) in [5.74, 6) is 1.22. The highest BCUT2D eigenvalue weighted by atomic mass is 32.2. The molecule has 3 rings (SSSR count). The van der Waals surface area contributed by atoms with Crippen molar-refractivity contribution in [1.29, 1.82) is 0 Å². The van der Waals surface area contributed by atoms with E-state index in [1.807, 2.05) is 43.5 Å². The van der Waals surface area contributed by atoms with E-state index in [9.17, 15) is 4.79 Å². The molecule has 4 nitrogen and oxygen atoms in total. The first-order valence-corrected chi connectivity index (χ1v) is 9.21. The number of rotatable bonds is 5. The van der Waals surface area contributed by atoms with Crippen molar-refractivity contribution in [3.8, 4) is 0 Å². The van der Waals surface area contributed by atoms with E-state index >= 15 is 0 Å². The smallest absolute Gasteiger partial charge is 0.168 e. The number of hydrogen-bond donors (Lipinski definition) is 0. The molecule has 2 heterocycles. The normalized spacial score (nSPS) is 19.0. The number of hydrogen-bond acceptors (Lipinski definition) is 5. The first kappa shape index (κ1) is 16.3. The Bertz CT molecular complexity index is 683. The number of ketones is 1. The van der Waals surface area contributed by atoms with Crippen molar-refractivity contribution >= 4 is 17.5 Å². The lowest BCUT2D eigenvalue weighted by Crippen LogP contribution is -2.38. The molecule has 2 aromatic rings. The monoisotopic (exact) mass is 330 g/mol. The zero-order valence-electron chi connectivity index (χ0n) is 13.6. The summed E-state index contributed by atoms with van der Waals surface area (Å²) in [4.78, 5) is 16.3. The van der Waals surface area contributed by atoms with Crippen LogP contribution in [0.25, 0.3) is 0 Å². The van der Waals surface area contributed by atoms with E-state index in [1.165, 1.54) is 0 Å². The fourth-order valence-corrected chi connectivity index (χ4v) is 3.80. The fraction of sp³-hybridized carbons (Fsp3) is 0.444. The molecule has 0 radical (unpaired) electrons. The average molecular weight is 330 g/mol. The average Bonchev–Trinajstić information content (AvgIpc) is 2.99. The molecule has 1 unspecified atom stereocenters. The van der Waals surface area contributed by atoms with Crippen LogP contribution in [0.2, 0.25) is 0 Å². The molecular weight excluding hydrogens is 308 g/mol. The molecule has 122 valence electrons. The van der Waals surface area contributed by atoms with Gasteiger partial charge in [0, 0.05) is 29.0 Å². The summed E-state index contributed by atoms with van der Waals surface area (Å²) in [5.41, 5.74) is 1.76. The van der Waals surface area contributed by atoms with Gasteiger partial charge in [-0.2, -0.15) is 0 Å². The van der Waals surface area contributed by atoms with E-state index in [0.29, 0.717) is 0 Å². The van der Waals surface area contributed by atoms with Crippen LogP contribution in [0.3, 0.4) is 0 Å². The van der Waals surface area contributed by atoms with Crippen molar-refractivity contribution in [2.24, 2.45) is 5.92 Å². The van der Waals surface area contributed by atoms with Gasteiger partial charge in [-0.05, 0) is 38.6 Å². The lowest BCUT2D eigenvalue weighted by atomic mass is 9.90. The van der Waals surface area contributed by atoms with Crippen LogP contribution in [0.15, 0.2) is 39.8 Å². The molecule has 0 bridgehead atoms. The summed E-state index contributed by atoms with van der Waals surface area (Å²) >= 11 is 1.64. The fourth-order valence-electron chi connectivity index (χ4n) is 3.19. The van der Waals surface area contributed by atoms with Crippen molar-refractivity contribution in [3.63, 3.8) is 0 Å². The quantitative estimate of drug-likeness (QED) is 0.616. The molecule has 0 saturated carbocycles. The van der Waals surface area contributed by atoms with Crippen LogP contribution >= 0.6 is 11.8 Å². The van der Waals surface area contributed by atoms with Crippen LogP contribution < -0.4 is 0 Å². The Balaban J connectivity index is 1.69. The summed E-state index contributed by atoms with van der Waals surface area (Å²) in [5, 5.41) is 3.94. The summed E-state index contributed by atoms with van der Waals surface area (Å²) in [6, 6.07) is 9.88. The predicted molar refractivity (Wildman–Crippen MR) is 91.8 cm³/mol. The minimum Gasteiger partial charge on any atom is -0.360 e. The van der Waals surface area contributed by atoms with Crippen LogP contribution in [-0.2, 0) is 6.54 Å². The number of carbonyl (C=O) groups is 1. The second kappa shape index (κ2) is 7.32. The Morgan fingerprint density at radius 3 is 3.00 bits per heavy atom. The second-order valence-electron chi connectivity index (χ2n) is 6.07. The van der Waals surface area contributed by atoms with Crippen LogP contribution in [0.4, 0.5) is 0 Å². The predicted octanol–water partition coefficient (Wildman–Crippen LogP) is 3.80. The van der Waals surface area contributed by atoms with E-state index in [4.69, 9.17) is 4.52 Å². The van der Waals surface area contributed by atoms with Gasteiger partial charge in [0.15, 0.2) is 11.5 Å². The number of aryl methyl sites for hydroxylation is 1. The highest BCUT2D eigenvalue weighted by Crippen LogP contribution is 2.27. The maximum absolute atomic E-state index is 12.9. The molecule has 0 aliphatic carbocycles. The van der Waals surface area contributed by atoms with Gasteiger partial charge in [-0.25, -0.2) is 0 Å². The number of piperidine rings is 1. The van der Waals surface area contributed by atoms with E-state index in [-0.39, 0.29) is 11.7 Å². The van der Waals surface area contributed by atoms with E-state index in [2.05, 4.69) is 10.1 Å². The molecule has 1 aromatic heterocycles. The highest BCUT2D eigenvalue weighted by Gasteiger charge is 2.28. The van der Waals surface area contributed by atoms with Crippen molar-refractivity contribution < 1.29 is 9.32 Å². The minimum atomic E-state index is 0.0704. The van der Waals surface area contributed by atoms with Gasteiger partial charge < -0.3 is 4.52 Å². The molecule has 1 saturated heterocycles. The summed E-state index contributed by atoms with van der Waals surface area (Å²) in [7, 11) is 0. The molecule has 23 heavy (non-hydrogen) atoms. The molecule has 1 fully saturated rings. The van der Waals surface area contributed by atoms with Gasteiger partial charge in [-0.3, -0.25) is 9.69 Å². The molecule has 1 aliphatic heterocycles. The van der Waals surface area contributed by atoms with E-state index in [0.717, 1.165) is 54.4 Å². The van der Waals surface area contributed by atoms with Gasteiger partial charge >= 0.3 is 0 Å². The summed E-state index contributed by atoms with van der Waals surface area (Å²) < 4.78 is 5.30. The Kier molecular flexibility index (Phi) is 5.18. The molecule has 0 spiro atoms. The first-order chi connectivity index (χ1) is 11.2.